The number of carbonyl (C=O) groups excluding carboxylic acids is 3. The van der Waals surface area contributed by atoms with Gasteiger partial charge in [-0.15, -0.1) is 0 Å². The van der Waals surface area contributed by atoms with Gasteiger partial charge in [-0.25, -0.2) is 9.80 Å². The van der Waals surface area contributed by atoms with E-state index >= 15 is 0 Å². The minimum absolute atomic E-state index is 0.0517. The Bertz CT molecular complexity index is 1200. The van der Waals surface area contributed by atoms with Gasteiger partial charge in [-0.2, -0.15) is 0 Å². The molecule has 2 aromatic rings. The maximum atomic E-state index is 12.9. The summed E-state index contributed by atoms with van der Waals surface area (Å²) in [4.78, 5) is 50.1. The van der Waals surface area contributed by atoms with Gasteiger partial charge in [0, 0.05) is 25.2 Å². The van der Waals surface area contributed by atoms with Gasteiger partial charge in [0.2, 0.25) is 0 Å². The third-order valence-electron chi connectivity index (χ3n) is 6.37. The van der Waals surface area contributed by atoms with E-state index in [0.717, 1.165) is 19.3 Å². The fourth-order valence-electron chi connectivity index (χ4n) is 4.33. The van der Waals surface area contributed by atoms with Crippen LogP contribution in [0.5, 0.6) is 0 Å². The Morgan fingerprint density at radius 2 is 1.54 bits per heavy atom. The SMILES string of the molecule is O=C(Nc1ccc(CC(NC(=O)[C@@H]2OCO[C@H]2C(=O)NN2CCCCC2)C(=O)O)cc1)c1c(Cl)cccc1Cl. The van der Waals surface area contributed by atoms with Crippen molar-refractivity contribution in [3.8, 4) is 0 Å². The number of nitrogens with one attached hydrogen (secondary N) is 3. The van der Waals surface area contributed by atoms with E-state index in [1.165, 1.54) is 0 Å². The van der Waals surface area contributed by atoms with Crippen LogP contribution in [-0.4, -0.2) is 71.9 Å². The lowest BCUT2D eigenvalue weighted by Crippen LogP contribution is -2.55. The van der Waals surface area contributed by atoms with E-state index in [-0.39, 0.29) is 28.8 Å². The summed E-state index contributed by atoms with van der Waals surface area (Å²) in [6.07, 6.45) is 0.461. The molecule has 4 rings (SSSR count). The maximum absolute atomic E-state index is 12.9. The van der Waals surface area contributed by atoms with Crippen molar-refractivity contribution in [1.82, 2.24) is 15.8 Å². The third kappa shape index (κ3) is 7.46. The first kappa shape index (κ1) is 28.8. The zero-order valence-corrected chi connectivity index (χ0v) is 22.3. The number of aliphatic carboxylic acids is 1. The Morgan fingerprint density at radius 3 is 2.15 bits per heavy atom. The molecule has 2 heterocycles. The van der Waals surface area contributed by atoms with Crippen molar-refractivity contribution in [2.45, 2.75) is 43.9 Å². The Morgan fingerprint density at radius 1 is 0.923 bits per heavy atom. The lowest BCUT2D eigenvalue weighted by atomic mass is 10.0. The zero-order chi connectivity index (χ0) is 27.9. The van der Waals surface area contributed by atoms with Crippen LogP contribution in [0.4, 0.5) is 5.69 Å². The summed E-state index contributed by atoms with van der Waals surface area (Å²) in [5.74, 6) is -3.04. The van der Waals surface area contributed by atoms with E-state index in [0.29, 0.717) is 24.3 Å². The highest BCUT2D eigenvalue weighted by Crippen LogP contribution is 2.25. The van der Waals surface area contributed by atoms with Crippen molar-refractivity contribution in [1.29, 1.82) is 0 Å². The molecule has 3 amide bonds. The minimum atomic E-state index is -1.30. The van der Waals surface area contributed by atoms with Crippen LogP contribution in [0.2, 0.25) is 10.0 Å². The van der Waals surface area contributed by atoms with Crippen molar-refractivity contribution in [3.05, 3.63) is 63.6 Å². The number of ether oxygens (including phenoxy) is 2. The summed E-state index contributed by atoms with van der Waals surface area (Å²) < 4.78 is 10.6. The summed E-state index contributed by atoms with van der Waals surface area (Å²) in [5.41, 5.74) is 3.91. The topological polar surface area (TPSA) is 146 Å². The highest BCUT2D eigenvalue weighted by molar-refractivity contribution is 6.40. The van der Waals surface area contributed by atoms with Crippen LogP contribution in [-0.2, 0) is 30.3 Å². The molecule has 0 radical (unpaired) electrons. The molecule has 2 aliphatic rings. The molecule has 39 heavy (non-hydrogen) atoms. The van der Waals surface area contributed by atoms with Crippen molar-refractivity contribution in [2.24, 2.45) is 0 Å². The Hall–Kier alpha value is -3.22. The second-order valence-corrected chi connectivity index (χ2v) is 9.98. The summed E-state index contributed by atoms with van der Waals surface area (Å²) in [5, 5.41) is 17.0. The monoisotopic (exact) mass is 578 g/mol. The molecule has 2 aromatic carbocycles. The molecule has 2 saturated heterocycles. The molecule has 208 valence electrons. The summed E-state index contributed by atoms with van der Waals surface area (Å²) >= 11 is 12.2. The number of amides is 3. The summed E-state index contributed by atoms with van der Waals surface area (Å²) in [6, 6.07) is 9.86. The molecule has 13 heteroatoms. The van der Waals surface area contributed by atoms with Gasteiger partial charge in [0.15, 0.2) is 12.2 Å². The molecule has 3 atom stereocenters. The molecule has 11 nitrogen and oxygen atoms in total. The molecule has 2 aliphatic heterocycles. The number of hydrogen-bond donors (Lipinski definition) is 4. The van der Waals surface area contributed by atoms with Crippen molar-refractivity contribution in [2.75, 3.05) is 25.2 Å². The van der Waals surface area contributed by atoms with Gasteiger partial charge in [-0.3, -0.25) is 19.8 Å². The number of carboxylic acid groups (broad SMARTS) is 1. The third-order valence-corrected chi connectivity index (χ3v) is 7.00. The number of halogens is 2. The first-order chi connectivity index (χ1) is 18.7. The van der Waals surface area contributed by atoms with Crippen LogP contribution in [0.15, 0.2) is 42.5 Å². The number of carboxylic acids is 1. The predicted octanol–water partition coefficient (Wildman–Crippen LogP) is 2.62. The Labute approximate surface area is 234 Å². The van der Waals surface area contributed by atoms with E-state index in [1.54, 1.807) is 47.5 Å². The molecule has 0 spiro atoms. The van der Waals surface area contributed by atoms with E-state index in [9.17, 15) is 24.3 Å². The van der Waals surface area contributed by atoms with Crippen LogP contribution in [0, 0.1) is 0 Å². The van der Waals surface area contributed by atoms with E-state index in [4.69, 9.17) is 32.7 Å². The average molecular weight is 579 g/mol. The van der Waals surface area contributed by atoms with Gasteiger partial charge in [-0.05, 0) is 42.7 Å². The predicted molar refractivity (Wildman–Crippen MR) is 142 cm³/mol. The van der Waals surface area contributed by atoms with Crippen molar-refractivity contribution < 1.29 is 33.8 Å². The van der Waals surface area contributed by atoms with Gasteiger partial charge < -0.3 is 25.2 Å². The number of anilines is 1. The summed E-state index contributed by atoms with van der Waals surface area (Å²) in [6.45, 7) is 1.14. The maximum Gasteiger partial charge on any atom is 0.326 e. The minimum Gasteiger partial charge on any atom is -0.480 e. The van der Waals surface area contributed by atoms with E-state index in [1.807, 2.05) is 0 Å². The number of hydrogen-bond acceptors (Lipinski definition) is 7. The smallest absolute Gasteiger partial charge is 0.326 e. The molecular weight excluding hydrogens is 551 g/mol. The number of piperidine rings is 1. The Balaban J connectivity index is 1.34. The number of hydrazine groups is 1. The normalized spacial score (nSPS) is 20.2. The molecule has 0 aromatic heterocycles. The first-order valence-corrected chi connectivity index (χ1v) is 13.1. The zero-order valence-electron chi connectivity index (χ0n) is 20.8. The largest absolute Gasteiger partial charge is 0.480 e. The average Bonchev–Trinajstić information content (AvgIpc) is 3.40. The lowest BCUT2D eigenvalue weighted by Gasteiger charge is -2.28. The van der Waals surface area contributed by atoms with Crippen molar-refractivity contribution >= 4 is 52.6 Å². The standard InChI is InChI=1S/C26H28Cl2N4O7/c27-17-5-4-6-18(28)20(17)23(33)29-16-9-7-15(8-10-16)13-19(26(36)37)30-24(34)21-22(39-14-38-21)25(35)31-32-11-2-1-3-12-32/h4-10,19,21-22H,1-3,11-14H2,(H,29,33)(H,30,34)(H,31,35)(H,36,37)/t19?,21-,22-/m1/s1. The van der Waals surface area contributed by atoms with Gasteiger partial charge >= 0.3 is 5.97 Å². The van der Waals surface area contributed by atoms with Gasteiger partial charge in [-0.1, -0.05) is 47.8 Å². The molecule has 0 saturated carbocycles. The number of rotatable bonds is 9. The highest BCUT2D eigenvalue weighted by Gasteiger charge is 2.42. The second kappa shape index (κ2) is 13.2. The van der Waals surface area contributed by atoms with Gasteiger partial charge in [0.05, 0.1) is 15.6 Å². The van der Waals surface area contributed by atoms with Crippen LogP contribution in [0.1, 0.15) is 35.2 Å². The van der Waals surface area contributed by atoms with Crippen LogP contribution in [0.3, 0.4) is 0 Å². The van der Waals surface area contributed by atoms with Crippen LogP contribution < -0.4 is 16.1 Å². The van der Waals surface area contributed by atoms with Gasteiger partial charge in [0.25, 0.3) is 17.7 Å². The van der Waals surface area contributed by atoms with Crippen LogP contribution >= 0.6 is 23.2 Å². The number of carbonyl (C=O) groups is 4. The molecule has 1 unspecified atom stereocenters. The number of nitrogens with zero attached hydrogens (tertiary/aromatic N) is 1. The Kier molecular flexibility index (Phi) is 9.76. The molecule has 0 aliphatic carbocycles. The molecule has 2 fully saturated rings. The van der Waals surface area contributed by atoms with Crippen molar-refractivity contribution in [3.63, 3.8) is 0 Å². The fourth-order valence-corrected chi connectivity index (χ4v) is 4.90. The number of benzene rings is 2. The highest BCUT2D eigenvalue weighted by atomic mass is 35.5. The molecule has 4 N–H and O–H groups in total. The first-order valence-electron chi connectivity index (χ1n) is 12.4. The van der Waals surface area contributed by atoms with E-state index < -0.39 is 41.9 Å². The fraction of sp³-hybridized carbons (Fsp3) is 0.385. The second-order valence-electron chi connectivity index (χ2n) is 9.17. The lowest BCUT2D eigenvalue weighted by molar-refractivity contribution is -0.145. The van der Waals surface area contributed by atoms with E-state index in [2.05, 4.69) is 16.1 Å². The van der Waals surface area contributed by atoms with Gasteiger partial charge in [0.1, 0.15) is 12.8 Å². The quantitative estimate of drug-likeness (QED) is 0.355. The summed E-state index contributed by atoms with van der Waals surface area (Å²) in [7, 11) is 0. The molecular formula is C26H28Cl2N4O7. The molecule has 0 bridgehead atoms. The van der Waals surface area contributed by atoms with Crippen LogP contribution in [0.25, 0.3) is 0 Å².